The minimum absolute atomic E-state index is 0.0900. The predicted octanol–water partition coefficient (Wildman–Crippen LogP) is 5.33. The van der Waals surface area contributed by atoms with E-state index in [0.29, 0.717) is 6.54 Å². The van der Waals surface area contributed by atoms with E-state index in [-0.39, 0.29) is 11.3 Å². The molecular weight excluding hydrogens is 370 g/mol. The smallest absolute Gasteiger partial charge is 0.225 e. The number of para-hydroxylation sites is 2. The summed E-state index contributed by atoms with van der Waals surface area (Å²) < 4.78 is 2.31. The number of carbonyl (C=O) groups is 1. The van der Waals surface area contributed by atoms with Crippen LogP contribution in [0.25, 0.3) is 21.8 Å². The monoisotopic (exact) mass is 399 g/mol. The van der Waals surface area contributed by atoms with E-state index >= 15 is 0 Å². The molecular formula is C26H29N3O. The van der Waals surface area contributed by atoms with Crippen molar-refractivity contribution in [3.05, 3.63) is 78.1 Å². The molecule has 0 radical (unpaired) electrons. The maximum atomic E-state index is 12.1. The van der Waals surface area contributed by atoms with Gasteiger partial charge in [-0.3, -0.25) is 4.79 Å². The molecule has 4 heteroatoms. The molecule has 4 aromatic rings. The Balaban J connectivity index is 1.55. The van der Waals surface area contributed by atoms with Gasteiger partial charge in [-0.25, -0.2) is 4.98 Å². The predicted molar refractivity (Wildman–Crippen MR) is 124 cm³/mol. The van der Waals surface area contributed by atoms with E-state index in [0.717, 1.165) is 36.2 Å². The normalized spacial score (nSPS) is 11.8. The molecule has 1 aromatic heterocycles. The van der Waals surface area contributed by atoms with Gasteiger partial charge in [0.05, 0.1) is 11.0 Å². The average Bonchev–Trinajstić information content (AvgIpc) is 3.07. The van der Waals surface area contributed by atoms with Crippen molar-refractivity contribution >= 4 is 27.7 Å². The van der Waals surface area contributed by atoms with Crippen molar-refractivity contribution in [1.29, 1.82) is 0 Å². The molecule has 0 saturated carbocycles. The van der Waals surface area contributed by atoms with E-state index in [2.05, 4.69) is 70.5 Å². The molecule has 3 aromatic carbocycles. The first-order valence-electron chi connectivity index (χ1n) is 10.6. The number of aromatic nitrogens is 2. The van der Waals surface area contributed by atoms with Crippen molar-refractivity contribution in [2.45, 2.75) is 40.2 Å². The van der Waals surface area contributed by atoms with Crippen LogP contribution in [0.3, 0.4) is 0 Å². The number of imidazole rings is 1. The highest BCUT2D eigenvalue weighted by Crippen LogP contribution is 2.21. The lowest BCUT2D eigenvalue weighted by Crippen LogP contribution is -2.35. The number of aryl methyl sites for hydroxylation is 1. The van der Waals surface area contributed by atoms with Crippen LogP contribution in [-0.2, 0) is 17.8 Å². The van der Waals surface area contributed by atoms with Crippen LogP contribution in [0.1, 0.15) is 38.6 Å². The molecule has 0 unspecified atom stereocenters. The van der Waals surface area contributed by atoms with E-state index in [1.807, 2.05) is 26.8 Å². The quantitative estimate of drug-likeness (QED) is 0.445. The molecule has 1 N–H and O–H groups in total. The van der Waals surface area contributed by atoms with Crippen LogP contribution in [0.4, 0.5) is 0 Å². The first-order chi connectivity index (χ1) is 14.4. The highest BCUT2D eigenvalue weighted by atomic mass is 16.2. The molecule has 0 aliphatic heterocycles. The van der Waals surface area contributed by atoms with Crippen LogP contribution in [0.2, 0.25) is 0 Å². The van der Waals surface area contributed by atoms with Gasteiger partial charge in [0.2, 0.25) is 5.91 Å². The Morgan fingerprint density at radius 3 is 2.50 bits per heavy atom. The van der Waals surface area contributed by atoms with Crippen molar-refractivity contribution < 1.29 is 4.79 Å². The molecule has 1 heterocycles. The Kier molecular flexibility index (Phi) is 5.58. The summed E-state index contributed by atoms with van der Waals surface area (Å²) in [5.41, 5.74) is 3.08. The fraction of sp³-hybridized carbons (Fsp3) is 0.308. The summed E-state index contributed by atoms with van der Waals surface area (Å²) in [4.78, 5) is 17.0. The maximum Gasteiger partial charge on any atom is 0.225 e. The number of nitrogens with one attached hydrogen (secondary N) is 1. The van der Waals surface area contributed by atoms with Crippen LogP contribution in [-0.4, -0.2) is 22.0 Å². The third-order valence-electron chi connectivity index (χ3n) is 5.43. The Bertz CT molecular complexity index is 1180. The second-order valence-electron chi connectivity index (χ2n) is 8.89. The molecule has 154 valence electrons. The number of fused-ring (bicyclic) bond motifs is 2. The summed E-state index contributed by atoms with van der Waals surface area (Å²) in [6.07, 6.45) is 1.69. The summed E-state index contributed by atoms with van der Waals surface area (Å²) >= 11 is 0. The number of hydrogen-bond acceptors (Lipinski definition) is 2. The van der Waals surface area contributed by atoms with Gasteiger partial charge in [0.25, 0.3) is 0 Å². The molecule has 0 bridgehead atoms. The largest absolute Gasteiger partial charge is 0.356 e. The number of nitrogens with zero attached hydrogens (tertiary/aromatic N) is 2. The van der Waals surface area contributed by atoms with Crippen molar-refractivity contribution in [3.8, 4) is 0 Å². The van der Waals surface area contributed by atoms with Crippen molar-refractivity contribution in [1.82, 2.24) is 14.9 Å². The SMILES string of the molecule is CC(C)(C)C(=O)NCCCc1nc2ccccc2n1Cc1ccc2ccccc2c1. The molecule has 1 amide bonds. The minimum atomic E-state index is -0.358. The second-order valence-corrected chi connectivity index (χ2v) is 8.89. The Morgan fingerprint density at radius 1 is 0.967 bits per heavy atom. The second kappa shape index (κ2) is 8.31. The lowest BCUT2D eigenvalue weighted by atomic mass is 9.96. The standard InChI is InChI=1S/C26H29N3O/c1-26(2,3)25(30)27-16-8-13-24-28-22-11-6-7-12-23(22)29(24)18-19-14-15-20-9-4-5-10-21(20)17-19/h4-7,9-12,14-15,17H,8,13,16,18H2,1-3H3,(H,27,30). The molecule has 0 atom stereocenters. The lowest BCUT2D eigenvalue weighted by molar-refractivity contribution is -0.128. The topological polar surface area (TPSA) is 46.9 Å². The van der Waals surface area contributed by atoms with Crippen molar-refractivity contribution in [3.63, 3.8) is 0 Å². The highest BCUT2D eigenvalue weighted by molar-refractivity contribution is 5.83. The number of amides is 1. The third-order valence-corrected chi connectivity index (χ3v) is 5.43. The van der Waals surface area contributed by atoms with E-state index in [9.17, 15) is 4.79 Å². The zero-order valence-electron chi connectivity index (χ0n) is 18.0. The Morgan fingerprint density at radius 2 is 1.70 bits per heavy atom. The lowest BCUT2D eigenvalue weighted by Gasteiger charge is -2.17. The van der Waals surface area contributed by atoms with Crippen molar-refractivity contribution in [2.75, 3.05) is 6.54 Å². The fourth-order valence-electron chi connectivity index (χ4n) is 3.73. The third kappa shape index (κ3) is 4.38. The van der Waals surface area contributed by atoms with Gasteiger partial charge in [-0.05, 0) is 41.0 Å². The summed E-state index contributed by atoms with van der Waals surface area (Å²) in [6.45, 7) is 7.26. The number of carbonyl (C=O) groups excluding carboxylic acids is 1. The molecule has 0 saturated heterocycles. The van der Waals surface area contributed by atoms with E-state index in [4.69, 9.17) is 4.98 Å². The van der Waals surface area contributed by atoms with E-state index in [1.165, 1.54) is 16.3 Å². The molecule has 4 nitrogen and oxygen atoms in total. The number of hydrogen-bond donors (Lipinski definition) is 1. The molecule has 0 aliphatic carbocycles. The molecule has 0 aliphatic rings. The maximum absolute atomic E-state index is 12.1. The van der Waals surface area contributed by atoms with E-state index in [1.54, 1.807) is 0 Å². The van der Waals surface area contributed by atoms with Gasteiger partial charge in [-0.1, -0.05) is 69.3 Å². The zero-order valence-corrected chi connectivity index (χ0v) is 18.0. The number of rotatable bonds is 6. The van der Waals surface area contributed by atoms with Gasteiger partial charge in [0.1, 0.15) is 5.82 Å². The first kappa shape index (κ1) is 20.1. The average molecular weight is 400 g/mol. The van der Waals surface area contributed by atoms with Crippen LogP contribution < -0.4 is 5.32 Å². The summed E-state index contributed by atoms with van der Waals surface area (Å²) in [6, 6.07) is 23.4. The molecule has 30 heavy (non-hydrogen) atoms. The summed E-state index contributed by atoms with van der Waals surface area (Å²) in [7, 11) is 0. The first-order valence-corrected chi connectivity index (χ1v) is 10.6. The molecule has 0 fully saturated rings. The van der Waals surface area contributed by atoms with Gasteiger partial charge in [-0.15, -0.1) is 0 Å². The highest BCUT2D eigenvalue weighted by Gasteiger charge is 2.20. The van der Waals surface area contributed by atoms with Crippen LogP contribution in [0.5, 0.6) is 0 Å². The van der Waals surface area contributed by atoms with Gasteiger partial charge in [0.15, 0.2) is 0 Å². The van der Waals surface area contributed by atoms with Gasteiger partial charge >= 0.3 is 0 Å². The summed E-state index contributed by atoms with van der Waals surface area (Å²) in [5.74, 6) is 1.15. The Labute approximate surface area is 177 Å². The molecule has 0 spiro atoms. The minimum Gasteiger partial charge on any atom is -0.356 e. The number of benzene rings is 3. The van der Waals surface area contributed by atoms with Gasteiger partial charge in [0, 0.05) is 24.9 Å². The van der Waals surface area contributed by atoms with Crippen molar-refractivity contribution in [2.24, 2.45) is 5.41 Å². The molecule has 4 rings (SSSR count). The summed E-state index contributed by atoms with van der Waals surface area (Å²) in [5, 5.41) is 5.55. The fourth-order valence-corrected chi connectivity index (χ4v) is 3.73. The van der Waals surface area contributed by atoms with Gasteiger partial charge < -0.3 is 9.88 Å². The van der Waals surface area contributed by atoms with Crippen LogP contribution in [0, 0.1) is 5.41 Å². The van der Waals surface area contributed by atoms with E-state index < -0.39 is 0 Å². The zero-order chi connectivity index (χ0) is 21.1. The Hall–Kier alpha value is -3.14. The van der Waals surface area contributed by atoms with Crippen LogP contribution in [0.15, 0.2) is 66.7 Å². The van der Waals surface area contributed by atoms with Crippen LogP contribution >= 0.6 is 0 Å². The van der Waals surface area contributed by atoms with Gasteiger partial charge in [-0.2, -0.15) is 0 Å².